The number of amides is 1. The summed E-state index contributed by atoms with van der Waals surface area (Å²) in [6, 6.07) is 8.20. The number of primary amides is 1. The van der Waals surface area contributed by atoms with E-state index in [1.165, 1.54) is 31.0 Å². The van der Waals surface area contributed by atoms with Crippen molar-refractivity contribution in [1.82, 2.24) is 14.8 Å². The van der Waals surface area contributed by atoms with Crippen LogP contribution in [0, 0.1) is 5.82 Å². The standard InChI is InChI=1S/C24H26FN5O4/c1-34-20-7-5-15(11-19(20)25)17(12-21(31)32)22-18(23(26)33)13-30(29-22)10-8-16-6-4-14-3-2-9-27-24(14)28-16/h4-7,11,13,17H,2-3,8-10,12H2,1H3,(H2,26,33)(H,27,28)(H,31,32)/t17-/m0/s1. The fourth-order valence-electron chi connectivity index (χ4n) is 4.18. The number of hydrogen-bond acceptors (Lipinski definition) is 6. The number of carbonyl (C=O) groups excluding carboxylic acids is 1. The molecule has 0 saturated carbocycles. The summed E-state index contributed by atoms with van der Waals surface area (Å²) in [4.78, 5) is 28.4. The second-order valence-electron chi connectivity index (χ2n) is 8.19. The first kappa shape index (κ1) is 23.2. The third kappa shape index (κ3) is 5.00. The summed E-state index contributed by atoms with van der Waals surface area (Å²) < 4.78 is 20.9. The summed E-state index contributed by atoms with van der Waals surface area (Å²) in [7, 11) is 1.34. The number of carboxylic acids is 1. The summed E-state index contributed by atoms with van der Waals surface area (Å²) in [5.74, 6) is -2.43. The number of anilines is 1. The number of aromatic nitrogens is 3. The number of pyridine rings is 1. The maximum Gasteiger partial charge on any atom is 0.304 e. The lowest BCUT2D eigenvalue weighted by Crippen LogP contribution is -2.17. The summed E-state index contributed by atoms with van der Waals surface area (Å²) in [6.07, 6.45) is 3.74. The zero-order chi connectivity index (χ0) is 24.2. The van der Waals surface area contributed by atoms with E-state index < -0.39 is 23.6 Å². The largest absolute Gasteiger partial charge is 0.494 e. The van der Waals surface area contributed by atoms with E-state index in [4.69, 9.17) is 10.5 Å². The number of carbonyl (C=O) groups is 2. The van der Waals surface area contributed by atoms with E-state index in [1.54, 1.807) is 10.7 Å². The maximum atomic E-state index is 14.4. The number of nitrogens with zero attached hydrogens (tertiary/aromatic N) is 3. The van der Waals surface area contributed by atoms with Crippen molar-refractivity contribution in [2.24, 2.45) is 5.73 Å². The van der Waals surface area contributed by atoms with E-state index in [-0.39, 0.29) is 23.4 Å². The topological polar surface area (TPSA) is 132 Å². The highest BCUT2D eigenvalue weighted by Gasteiger charge is 2.27. The van der Waals surface area contributed by atoms with Gasteiger partial charge in [0.2, 0.25) is 0 Å². The number of benzene rings is 1. The number of aliphatic carboxylic acids is 1. The molecule has 0 radical (unpaired) electrons. The average Bonchev–Trinajstić information content (AvgIpc) is 3.25. The molecule has 34 heavy (non-hydrogen) atoms. The molecule has 1 atom stereocenters. The molecule has 9 nitrogen and oxygen atoms in total. The molecule has 1 aromatic carbocycles. The quantitative estimate of drug-likeness (QED) is 0.441. The SMILES string of the molecule is COc1ccc([C@H](CC(=O)O)c2nn(CCc3ccc4c(n3)NCCC4)cc2C(N)=O)cc1F. The van der Waals surface area contributed by atoms with Gasteiger partial charge in [0.15, 0.2) is 11.6 Å². The summed E-state index contributed by atoms with van der Waals surface area (Å²) in [6.45, 7) is 1.30. The minimum atomic E-state index is -1.11. The van der Waals surface area contributed by atoms with E-state index >= 15 is 0 Å². The molecule has 0 aliphatic carbocycles. The van der Waals surface area contributed by atoms with Gasteiger partial charge in [-0.2, -0.15) is 5.10 Å². The van der Waals surface area contributed by atoms with Crippen molar-refractivity contribution < 1.29 is 23.8 Å². The van der Waals surface area contributed by atoms with Gasteiger partial charge >= 0.3 is 5.97 Å². The minimum Gasteiger partial charge on any atom is -0.494 e. The van der Waals surface area contributed by atoms with Crippen molar-refractivity contribution in [2.75, 3.05) is 19.0 Å². The molecule has 0 unspecified atom stereocenters. The molecule has 1 amide bonds. The first-order valence-electron chi connectivity index (χ1n) is 11.0. The molecule has 2 aromatic heterocycles. The van der Waals surface area contributed by atoms with Gasteiger partial charge in [0.05, 0.1) is 24.8 Å². The first-order valence-corrected chi connectivity index (χ1v) is 11.0. The second kappa shape index (κ2) is 9.90. The van der Waals surface area contributed by atoms with Crippen molar-refractivity contribution in [1.29, 1.82) is 0 Å². The predicted octanol–water partition coefficient (Wildman–Crippen LogP) is 2.73. The molecular formula is C24H26FN5O4. The fourth-order valence-corrected chi connectivity index (χ4v) is 4.18. The lowest BCUT2D eigenvalue weighted by Gasteiger charge is -2.17. The lowest BCUT2D eigenvalue weighted by atomic mass is 9.90. The van der Waals surface area contributed by atoms with Crippen LogP contribution in [0.2, 0.25) is 0 Å². The Morgan fingerprint density at radius 1 is 1.32 bits per heavy atom. The van der Waals surface area contributed by atoms with Gasteiger partial charge in [-0.1, -0.05) is 12.1 Å². The molecule has 0 bridgehead atoms. The molecule has 178 valence electrons. The van der Waals surface area contributed by atoms with Crippen molar-refractivity contribution >= 4 is 17.7 Å². The van der Waals surface area contributed by atoms with Gasteiger partial charge in [0.1, 0.15) is 5.82 Å². The molecule has 1 aliphatic rings. The van der Waals surface area contributed by atoms with Gasteiger partial charge < -0.3 is 20.9 Å². The highest BCUT2D eigenvalue weighted by molar-refractivity contribution is 5.94. The highest BCUT2D eigenvalue weighted by Crippen LogP contribution is 2.32. The number of rotatable bonds is 9. The summed E-state index contributed by atoms with van der Waals surface area (Å²) in [5, 5.41) is 17.3. The van der Waals surface area contributed by atoms with E-state index in [9.17, 15) is 19.1 Å². The third-order valence-electron chi connectivity index (χ3n) is 5.89. The second-order valence-corrected chi connectivity index (χ2v) is 8.19. The van der Waals surface area contributed by atoms with Crippen LogP contribution in [0.4, 0.5) is 10.2 Å². The molecule has 4 N–H and O–H groups in total. The Morgan fingerprint density at radius 3 is 2.85 bits per heavy atom. The first-order chi connectivity index (χ1) is 16.4. The van der Waals surface area contributed by atoms with Crippen LogP contribution in [0.1, 0.15) is 51.6 Å². The zero-order valence-electron chi connectivity index (χ0n) is 18.8. The molecule has 3 aromatic rings. The third-order valence-corrected chi connectivity index (χ3v) is 5.89. The summed E-state index contributed by atoms with van der Waals surface area (Å²) >= 11 is 0. The van der Waals surface area contributed by atoms with Gasteiger partial charge in [-0.3, -0.25) is 14.3 Å². The Morgan fingerprint density at radius 2 is 2.15 bits per heavy atom. The highest BCUT2D eigenvalue weighted by atomic mass is 19.1. The van der Waals surface area contributed by atoms with Gasteiger partial charge in [-0.25, -0.2) is 9.37 Å². The van der Waals surface area contributed by atoms with E-state index in [1.807, 2.05) is 6.07 Å². The van der Waals surface area contributed by atoms with Gasteiger partial charge in [0, 0.05) is 37.3 Å². The number of methoxy groups -OCH3 is 1. The minimum absolute atomic E-state index is 0.0329. The molecule has 4 rings (SSSR count). The molecule has 1 aliphatic heterocycles. The lowest BCUT2D eigenvalue weighted by molar-refractivity contribution is -0.137. The predicted molar refractivity (Wildman–Crippen MR) is 123 cm³/mol. The van der Waals surface area contributed by atoms with Crippen molar-refractivity contribution in [3.8, 4) is 5.75 Å². The monoisotopic (exact) mass is 467 g/mol. The fraction of sp³-hybridized carbons (Fsp3) is 0.333. The van der Waals surface area contributed by atoms with E-state index in [0.717, 1.165) is 30.9 Å². The number of fused-ring (bicyclic) bond motifs is 1. The van der Waals surface area contributed by atoms with Crippen LogP contribution < -0.4 is 15.8 Å². The smallest absolute Gasteiger partial charge is 0.304 e. The normalized spacial score (nSPS) is 13.6. The van der Waals surface area contributed by atoms with Gasteiger partial charge in [-0.05, 0) is 42.2 Å². The van der Waals surface area contributed by atoms with Gasteiger partial charge in [0.25, 0.3) is 5.91 Å². The number of aryl methyl sites for hydroxylation is 3. The number of carboxylic acid groups (broad SMARTS) is 1. The van der Waals surface area contributed by atoms with Crippen LogP contribution in [0.15, 0.2) is 36.5 Å². The molecule has 0 spiro atoms. The molecule has 0 fully saturated rings. The van der Waals surface area contributed by atoms with Crippen molar-refractivity contribution in [3.05, 3.63) is 70.4 Å². The van der Waals surface area contributed by atoms with Crippen molar-refractivity contribution in [2.45, 2.75) is 38.1 Å². The van der Waals surface area contributed by atoms with Crippen LogP contribution >= 0.6 is 0 Å². The van der Waals surface area contributed by atoms with Crippen LogP contribution in [-0.4, -0.2) is 45.4 Å². The van der Waals surface area contributed by atoms with E-state index in [2.05, 4.69) is 21.5 Å². The molecular weight excluding hydrogens is 441 g/mol. The number of halogens is 1. The Bertz CT molecular complexity index is 1230. The Kier molecular flexibility index (Phi) is 6.76. The van der Waals surface area contributed by atoms with E-state index in [0.29, 0.717) is 18.5 Å². The Hall–Kier alpha value is -3.95. The number of nitrogens with two attached hydrogens (primary N) is 1. The maximum absolute atomic E-state index is 14.4. The number of ether oxygens (including phenoxy) is 1. The van der Waals surface area contributed by atoms with Gasteiger partial charge in [-0.15, -0.1) is 0 Å². The molecule has 10 heteroatoms. The number of nitrogens with one attached hydrogen (secondary N) is 1. The van der Waals surface area contributed by atoms with Crippen LogP contribution in [0.25, 0.3) is 0 Å². The van der Waals surface area contributed by atoms with Crippen LogP contribution in [-0.2, 0) is 24.2 Å². The molecule has 3 heterocycles. The molecule has 0 saturated heterocycles. The van der Waals surface area contributed by atoms with Crippen LogP contribution in [0.3, 0.4) is 0 Å². The van der Waals surface area contributed by atoms with Crippen LogP contribution in [0.5, 0.6) is 5.75 Å². The average molecular weight is 468 g/mol. The van der Waals surface area contributed by atoms with Crippen molar-refractivity contribution in [3.63, 3.8) is 0 Å². The Balaban J connectivity index is 1.62. The summed E-state index contributed by atoms with van der Waals surface area (Å²) in [5.41, 5.74) is 8.29. The number of hydrogen-bond donors (Lipinski definition) is 3. The zero-order valence-corrected chi connectivity index (χ0v) is 18.8. The Labute approximate surface area is 195 Å².